The summed E-state index contributed by atoms with van der Waals surface area (Å²) in [6.45, 7) is 12.5. The maximum Gasteiger partial charge on any atom is 0.255 e. The molecule has 5 nitrogen and oxygen atoms in total. The van der Waals surface area contributed by atoms with Gasteiger partial charge in [0.25, 0.3) is 5.91 Å². The number of furan rings is 1. The van der Waals surface area contributed by atoms with E-state index in [0.29, 0.717) is 11.3 Å². The van der Waals surface area contributed by atoms with Gasteiger partial charge in [0.05, 0.1) is 17.3 Å². The van der Waals surface area contributed by atoms with E-state index in [2.05, 4.69) is 17.3 Å². The van der Waals surface area contributed by atoms with Crippen molar-refractivity contribution < 1.29 is 9.21 Å². The molecule has 1 atom stereocenters. The molecule has 2 aromatic rings. The van der Waals surface area contributed by atoms with Crippen LogP contribution >= 0.6 is 0 Å². The van der Waals surface area contributed by atoms with E-state index in [-0.39, 0.29) is 11.9 Å². The number of carbonyl (C=O) groups excluding carboxylic acids is 1. The van der Waals surface area contributed by atoms with Crippen LogP contribution < -0.4 is 5.32 Å². The third kappa shape index (κ3) is 2.86. The molecule has 2 heterocycles. The quantitative estimate of drug-likeness (QED) is 0.940. The van der Waals surface area contributed by atoms with E-state index >= 15 is 0 Å². The second-order valence-electron chi connectivity index (χ2n) is 5.42. The zero-order chi connectivity index (χ0) is 15.7. The molecule has 5 heteroatoms. The lowest BCUT2D eigenvalue weighted by molar-refractivity contribution is 0.0938. The lowest BCUT2D eigenvalue weighted by Gasteiger charge is -2.14. The van der Waals surface area contributed by atoms with Gasteiger partial charge in [0.15, 0.2) is 0 Å². The van der Waals surface area contributed by atoms with E-state index in [1.165, 1.54) is 0 Å². The Morgan fingerprint density at radius 3 is 2.52 bits per heavy atom. The second kappa shape index (κ2) is 5.76. The first-order valence-corrected chi connectivity index (χ1v) is 7.26. The van der Waals surface area contributed by atoms with Crippen LogP contribution in [0.1, 0.15) is 58.7 Å². The number of amides is 1. The molecule has 0 radical (unpaired) electrons. The van der Waals surface area contributed by atoms with Crippen molar-refractivity contribution in [3.05, 3.63) is 40.1 Å². The van der Waals surface area contributed by atoms with E-state index in [1.807, 2.05) is 32.4 Å². The maximum atomic E-state index is 12.4. The molecule has 2 aromatic heterocycles. The molecule has 2 rings (SSSR count). The standard InChI is InChI=1S/C16H23N3O2/c1-7-19-12(5)15(11(4)18-19)10(3)17-16(20)14-8-9(2)21-13(14)6/h8,10H,7H2,1-6H3,(H,17,20)/t10-/m1/s1. The topological polar surface area (TPSA) is 60.1 Å². The van der Waals surface area contributed by atoms with E-state index in [1.54, 1.807) is 13.0 Å². The lowest BCUT2D eigenvalue weighted by atomic mass is 10.1. The first-order valence-electron chi connectivity index (χ1n) is 7.26. The first-order chi connectivity index (χ1) is 9.85. The van der Waals surface area contributed by atoms with Crippen molar-refractivity contribution in [1.29, 1.82) is 0 Å². The summed E-state index contributed by atoms with van der Waals surface area (Å²) in [4.78, 5) is 12.4. The van der Waals surface area contributed by atoms with Crippen LogP contribution in [0.15, 0.2) is 10.5 Å². The Labute approximate surface area is 125 Å². The fourth-order valence-electron chi connectivity index (χ4n) is 2.85. The molecule has 0 aliphatic rings. The molecule has 0 fully saturated rings. The average Bonchev–Trinajstić information content (AvgIpc) is 2.88. The van der Waals surface area contributed by atoms with Crippen molar-refractivity contribution in [1.82, 2.24) is 15.1 Å². The summed E-state index contributed by atoms with van der Waals surface area (Å²) in [5.74, 6) is 1.28. The summed E-state index contributed by atoms with van der Waals surface area (Å²) in [5.41, 5.74) is 3.74. The summed E-state index contributed by atoms with van der Waals surface area (Å²) in [6, 6.07) is 1.68. The molecule has 0 unspecified atom stereocenters. The number of hydrogen-bond acceptors (Lipinski definition) is 3. The summed E-state index contributed by atoms with van der Waals surface area (Å²) in [7, 11) is 0. The Balaban J connectivity index is 2.22. The highest BCUT2D eigenvalue weighted by Crippen LogP contribution is 2.22. The van der Waals surface area contributed by atoms with Crippen molar-refractivity contribution in [3.63, 3.8) is 0 Å². The van der Waals surface area contributed by atoms with Gasteiger partial charge in [0.2, 0.25) is 0 Å². The van der Waals surface area contributed by atoms with Crippen molar-refractivity contribution in [2.45, 2.75) is 54.1 Å². The van der Waals surface area contributed by atoms with E-state index in [9.17, 15) is 4.79 Å². The molecule has 0 bridgehead atoms. The lowest BCUT2D eigenvalue weighted by Crippen LogP contribution is -2.27. The number of hydrogen-bond donors (Lipinski definition) is 1. The normalized spacial score (nSPS) is 12.5. The maximum absolute atomic E-state index is 12.4. The molecule has 21 heavy (non-hydrogen) atoms. The number of nitrogens with one attached hydrogen (secondary N) is 1. The van der Waals surface area contributed by atoms with Gasteiger partial charge in [-0.25, -0.2) is 0 Å². The zero-order valence-corrected chi connectivity index (χ0v) is 13.6. The van der Waals surface area contributed by atoms with Crippen LogP contribution in [-0.4, -0.2) is 15.7 Å². The van der Waals surface area contributed by atoms with Crippen LogP contribution in [0.4, 0.5) is 0 Å². The number of rotatable bonds is 4. The molecule has 1 N–H and O–H groups in total. The predicted octanol–water partition coefficient (Wildman–Crippen LogP) is 3.22. The van der Waals surface area contributed by atoms with Gasteiger partial charge in [-0.3, -0.25) is 9.48 Å². The Morgan fingerprint density at radius 2 is 2.05 bits per heavy atom. The van der Waals surface area contributed by atoms with Crippen LogP contribution in [-0.2, 0) is 6.54 Å². The zero-order valence-electron chi connectivity index (χ0n) is 13.6. The predicted molar refractivity (Wildman–Crippen MR) is 81.4 cm³/mol. The largest absolute Gasteiger partial charge is 0.466 e. The third-order valence-corrected chi connectivity index (χ3v) is 3.80. The van der Waals surface area contributed by atoms with Crippen LogP contribution in [0.3, 0.4) is 0 Å². The van der Waals surface area contributed by atoms with E-state index in [4.69, 9.17) is 4.42 Å². The molecular weight excluding hydrogens is 266 g/mol. The van der Waals surface area contributed by atoms with Gasteiger partial charge in [-0.2, -0.15) is 5.10 Å². The second-order valence-corrected chi connectivity index (χ2v) is 5.42. The Bertz CT molecular complexity index is 667. The van der Waals surface area contributed by atoms with Crippen molar-refractivity contribution in [2.75, 3.05) is 0 Å². The van der Waals surface area contributed by atoms with Gasteiger partial charge in [-0.15, -0.1) is 0 Å². The van der Waals surface area contributed by atoms with Crippen LogP contribution in [0, 0.1) is 27.7 Å². The molecule has 114 valence electrons. The van der Waals surface area contributed by atoms with Gasteiger partial charge in [0, 0.05) is 17.8 Å². The number of aromatic nitrogens is 2. The summed E-state index contributed by atoms with van der Waals surface area (Å²) in [5, 5.41) is 7.53. The van der Waals surface area contributed by atoms with Gasteiger partial charge in [-0.05, 0) is 47.6 Å². The monoisotopic (exact) mass is 289 g/mol. The minimum absolute atomic E-state index is 0.0904. The van der Waals surface area contributed by atoms with Gasteiger partial charge >= 0.3 is 0 Å². The van der Waals surface area contributed by atoms with Gasteiger partial charge in [0.1, 0.15) is 11.5 Å². The molecule has 0 saturated carbocycles. The molecule has 0 aliphatic heterocycles. The smallest absolute Gasteiger partial charge is 0.255 e. The van der Waals surface area contributed by atoms with Gasteiger partial charge in [-0.1, -0.05) is 0 Å². The Hall–Kier alpha value is -2.04. The number of aryl methyl sites for hydroxylation is 4. The molecule has 0 saturated heterocycles. The molecular formula is C16H23N3O2. The van der Waals surface area contributed by atoms with Crippen LogP contribution in [0.2, 0.25) is 0 Å². The summed E-state index contributed by atoms with van der Waals surface area (Å²) >= 11 is 0. The Kier molecular flexibility index (Phi) is 4.21. The van der Waals surface area contributed by atoms with Crippen LogP contribution in [0.5, 0.6) is 0 Å². The highest BCUT2D eigenvalue weighted by atomic mass is 16.3. The highest BCUT2D eigenvalue weighted by Gasteiger charge is 2.21. The minimum Gasteiger partial charge on any atom is -0.466 e. The molecule has 1 amide bonds. The van der Waals surface area contributed by atoms with Crippen molar-refractivity contribution >= 4 is 5.91 Å². The van der Waals surface area contributed by atoms with Crippen molar-refractivity contribution in [3.8, 4) is 0 Å². The fraction of sp³-hybridized carbons (Fsp3) is 0.500. The molecule has 0 spiro atoms. The first kappa shape index (κ1) is 15.4. The number of carbonyl (C=O) groups is 1. The third-order valence-electron chi connectivity index (χ3n) is 3.80. The summed E-state index contributed by atoms with van der Waals surface area (Å²) in [6.07, 6.45) is 0. The SMILES string of the molecule is CCn1nc(C)c([C@@H](C)NC(=O)c2cc(C)oc2C)c1C. The van der Waals surface area contributed by atoms with Crippen molar-refractivity contribution in [2.24, 2.45) is 0 Å². The Morgan fingerprint density at radius 1 is 1.38 bits per heavy atom. The average molecular weight is 289 g/mol. The van der Waals surface area contributed by atoms with Gasteiger partial charge < -0.3 is 9.73 Å². The van der Waals surface area contributed by atoms with E-state index < -0.39 is 0 Å². The number of nitrogens with zero attached hydrogens (tertiary/aromatic N) is 2. The van der Waals surface area contributed by atoms with Crippen LogP contribution in [0.25, 0.3) is 0 Å². The van der Waals surface area contributed by atoms with E-state index in [0.717, 1.165) is 29.3 Å². The fourth-order valence-corrected chi connectivity index (χ4v) is 2.85. The molecule has 0 aromatic carbocycles. The minimum atomic E-state index is -0.111. The highest BCUT2D eigenvalue weighted by molar-refractivity contribution is 5.95. The summed E-state index contributed by atoms with van der Waals surface area (Å²) < 4.78 is 7.37. The molecule has 0 aliphatic carbocycles.